The van der Waals surface area contributed by atoms with Crippen LogP contribution >= 0.6 is 0 Å². The summed E-state index contributed by atoms with van der Waals surface area (Å²) in [6, 6.07) is -0.891. The average molecular weight is 299 g/mol. The van der Waals surface area contributed by atoms with E-state index in [1.807, 2.05) is 0 Å². The molecule has 1 unspecified atom stereocenters. The van der Waals surface area contributed by atoms with Crippen molar-refractivity contribution < 1.29 is 23.9 Å². The van der Waals surface area contributed by atoms with Gasteiger partial charge in [-0.1, -0.05) is 6.08 Å². The smallest absolute Gasteiger partial charge is 0.408 e. The Morgan fingerprint density at radius 2 is 1.86 bits per heavy atom. The van der Waals surface area contributed by atoms with Crippen molar-refractivity contribution in [1.29, 1.82) is 0 Å². The molecule has 0 spiro atoms. The first-order valence-corrected chi connectivity index (χ1v) is 6.89. The molecule has 21 heavy (non-hydrogen) atoms. The number of carbonyl (C=O) groups is 3. The van der Waals surface area contributed by atoms with Gasteiger partial charge >= 0.3 is 12.1 Å². The van der Waals surface area contributed by atoms with E-state index < -0.39 is 23.7 Å². The van der Waals surface area contributed by atoms with Crippen LogP contribution in [0.5, 0.6) is 0 Å². The van der Waals surface area contributed by atoms with E-state index in [0.717, 1.165) is 0 Å². The first-order valence-electron chi connectivity index (χ1n) is 6.89. The number of esters is 1. The van der Waals surface area contributed by atoms with Crippen molar-refractivity contribution in [2.75, 3.05) is 7.11 Å². The number of methoxy groups -OCH3 is 1. The summed E-state index contributed by atoms with van der Waals surface area (Å²) >= 11 is 0. The van der Waals surface area contributed by atoms with Crippen molar-refractivity contribution in [2.45, 2.75) is 58.1 Å². The fraction of sp³-hybridized carbons (Fsp3) is 0.667. The first-order chi connectivity index (χ1) is 9.69. The van der Waals surface area contributed by atoms with Gasteiger partial charge in [0, 0.05) is 12.8 Å². The molecule has 0 saturated heterocycles. The maximum Gasteiger partial charge on any atom is 0.408 e. The van der Waals surface area contributed by atoms with Crippen molar-refractivity contribution in [3.8, 4) is 0 Å². The Bertz CT molecular complexity index is 384. The number of nitrogens with one attached hydrogen (secondary N) is 1. The molecule has 0 aliphatic heterocycles. The van der Waals surface area contributed by atoms with Gasteiger partial charge < -0.3 is 14.8 Å². The van der Waals surface area contributed by atoms with Crippen LogP contribution in [-0.4, -0.2) is 36.6 Å². The van der Waals surface area contributed by atoms with Gasteiger partial charge in [0.25, 0.3) is 0 Å². The molecule has 0 radical (unpaired) electrons. The van der Waals surface area contributed by atoms with Gasteiger partial charge in [0.1, 0.15) is 17.4 Å². The highest BCUT2D eigenvalue weighted by Crippen LogP contribution is 2.09. The van der Waals surface area contributed by atoms with Gasteiger partial charge in [0.2, 0.25) is 0 Å². The predicted octanol–water partition coefficient (Wildman–Crippen LogP) is 2.37. The highest BCUT2D eigenvalue weighted by atomic mass is 16.6. The van der Waals surface area contributed by atoms with Crippen LogP contribution in [-0.2, 0) is 19.1 Å². The number of ether oxygens (including phenoxy) is 2. The molecule has 0 aromatic heterocycles. The number of Topliss-reactive ketones (excluding diaryl/α,β-unsaturated/α-hetero) is 1. The molecular weight excluding hydrogens is 274 g/mol. The van der Waals surface area contributed by atoms with E-state index >= 15 is 0 Å². The van der Waals surface area contributed by atoms with Gasteiger partial charge in [-0.2, -0.15) is 0 Å². The molecule has 0 bridgehead atoms. The fourth-order valence-corrected chi connectivity index (χ4v) is 1.53. The zero-order valence-corrected chi connectivity index (χ0v) is 13.2. The number of hydrogen-bond donors (Lipinski definition) is 1. The standard InChI is InChI=1S/C15H25NO5/c1-6-7-8-11(17)9-10-12(13(18)20-5)16-14(19)21-15(2,3)4/h6,12H,1,7-10H2,2-5H3,(H,16,19). The van der Waals surface area contributed by atoms with Crippen molar-refractivity contribution in [1.82, 2.24) is 5.32 Å². The van der Waals surface area contributed by atoms with Crippen molar-refractivity contribution in [2.24, 2.45) is 0 Å². The van der Waals surface area contributed by atoms with Crippen LogP contribution in [0.2, 0.25) is 0 Å². The molecule has 0 aromatic carbocycles. The molecular formula is C15H25NO5. The Labute approximate surface area is 125 Å². The van der Waals surface area contributed by atoms with Crippen LogP contribution in [0.15, 0.2) is 12.7 Å². The quantitative estimate of drug-likeness (QED) is 0.549. The predicted molar refractivity (Wildman–Crippen MR) is 78.8 cm³/mol. The number of hydrogen-bond acceptors (Lipinski definition) is 5. The topological polar surface area (TPSA) is 81.7 Å². The number of ketones is 1. The SMILES string of the molecule is C=CCCC(=O)CCC(NC(=O)OC(C)(C)C)C(=O)OC. The van der Waals surface area contributed by atoms with E-state index in [1.165, 1.54) is 7.11 Å². The molecule has 0 rings (SSSR count). The van der Waals surface area contributed by atoms with E-state index in [4.69, 9.17) is 4.74 Å². The lowest BCUT2D eigenvalue weighted by molar-refractivity contribution is -0.143. The molecule has 1 atom stereocenters. The molecule has 0 heterocycles. The Hall–Kier alpha value is -1.85. The summed E-state index contributed by atoms with van der Waals surface area (Å²) in [4.78, 5) is 34.9. The van der Waals surface area contributed by atoms with Crippen LogP contribution < -0.4 is 5.32 Å². The van der Waals surface area contributed by atoms with Crippen LogP contribution in [0.3, 0.4) is 0 Å². The zero-order chi connectivity index (χ0) is 16.5. The molecule has 0 saturated carbocycles. The fourth-order valence-electron chi connectivity index (χ4n) is 1.53. The molecule has 6 heteroatoms. The second-order valence-electron chi connectivity index (χ2n) is 5.63. The maximum atomic E-state index is 11.7. The molecule has 0 aromatic rings. The summed E-state index contributed by atoms with van der Waals surface area (Å²) in [5, 5.41) is 2.43. The lowest BCUT2D eigenvalue weighted by Gasteiger charge is -2.22. The minimum absolute atomic E-state index is 0.00907. The summed E-state index contributed by atoms with van der Waals surface area (Å²) in [5.74, 6) is -0.591. The monoisotopic (exact) mass is 299 g/mol. The van der Waals surface area contributed by atoms with E-state index in [0.29, 0.717) is 12.8 Å². The van der Waals surface area contributed by atoms with Crippen LogP contribution in [0, 0.1) is 0 Å². The van der Waals surface area contributed by atoms with Crippen molar-refractivity contribution in [3.05, 3.63) is 12.7 Å². The molecule has 0 aliphatic carbocycles. The Morgan fingerprint density at radius 3 is 2.33 bits per heavy atom. The van der Waals surface area contributed by atoms with Crippen LogP contribution in [0.4, 0.5) is 4.79 Å². The third kappa shape index (κ3) is 9.65. The molecule has 1 amide bonds. The highest BCUT2D eigenvalue weighted by Gasteiger charge is 2.25. The molecule has 6 nitrogen and oxygen atoms in total. The Morgan fingerprint density at radius 1 is 1.24 bits per heavy atom. The van der Waals surface area contributed by atoms with Gasteiger partial charge in [-0.15, -0.1) is 6.58 Å². The molecule has 0 fully saturated rings. The maximum absolute atomic E-state index is 11.7. The Balaban J connectivity index is 4.46. The third-order valence-electron chi connectivity index (χ3n) is 2.52. The van der Waals surface area contributed by atoms with Gasteiger partial charge in [-0.25, -0.2) is 9.59 Å². The van der Waals surface area contributed by atoms with Crippen LogP contribution in [0.25, 0.3) is 0 Å². The van der Waals surface area contributed by atoms with E-state index in [2.05, 4.69) is 16.6 Å². The number of rotatable bonds is 8. The summed E-state index contributed by atoms with van der Waals surface area (Å²) in [7, 11) is 1.23. The minimum atomic E-state index is -0.891. The first kappa shape index (κ1) is 19.1. The second kappa shape index (κ2) is 9.15. The number of allylic oxidation sites excluding steroid dienone is 1. The third-order valence-corrected chi connectivity index (χ3v) is 2.52. The second-order valence-corrected chi connectivity index (χ2v) is 5.63. The van der Waals surface area contributed by atoms with Gasteiger partial charge in [0.05, 0.1) is 7.11 Å². The average Bonchev–Trinajstić information content (AvgIpc) is 2.37. The van der Waals surface area contributed by atoms with E-state index in [1.54, 1.807) is 26.8 Å². The van der Waals surface area contributed by atoms with Crippen LogP contribution in [0.1, 0.15) is 46.5 Å². The number of amides is 1. The lowest BCUT2D eigenvalue weighted by atomic mass is 10.1. The largest absolute Gasteiger partial charge is 0.467 e. The van der Waals surface area contributed by atoms with Gasteiger partial charge in [-0.3, -0.25) is 4.79 Å². The molecule has 1 N–H and O–H groups in total. The van der Waals surface area contributed by atoms with Crippen molar-refractivity contribution in [3.63, 3.8) is 0 Å². The summed E-state index contributed by atoms with van der Waals surface area (Å²) in [6.45, 7) is 8.71. The normalized spacial score (nSPS) is 12.2. The summed E-state index contributed by atoms with van der Waals surface area (Å²) < 4.78 is 9.70. The summed E-state index contributed by atoms with van der Waals surface area (Å²) in [5.41, 5.74) is -0.662. The molecule has 120 valence electrons. The molecule has 0 aliphatic rings. The highest BCUT2D eigenvalue weighted by molar-refractivity contribution is 5.83. The van der Waals surface area contributed by atoms with Gasteiger partial charge in [0.15, 0.2) is 0 Å². The number of alkyl carbamates (subject to hydrolysis) is 1. The van der Waals surface area contributed by atoms with Gasteiger partial charge in [-0.05, 0) is 33.6 Å². The van der Waals surface area contributed by atoms with Crippen molar-refractivity contribution >= 4 is 17.8 Å². The van der Waals surface area contributed by atoms with E-state index in [9.17, 15) is 14.4 Å². The number of carbonyl (C=O) groups excluding carboxylic acids is 3. The zero-order valence-electron chi connectivity index (χ0n) is 13.2. The van der Waals surface area contributed by atoms with E-state index in [-0.39, 0.29) is 18.6 Å². The summed E-state index contributed by atoms with van der Waals surface area (Å²) in [6.07, 6.45) is 2.29. The minimum Gasteiger partial charge on any atom is -0.467 e. The lowest BCUT2D eigenvalue weighted by Crippen LogP contribution is -2.44. The Kier molecular flexibility index (Phi) is 8.35.